The summed E-state index contributed by atoms with van der Waals surface area (Å²) in [5.41, 5.74) is 0.965. The molecule has 0 unspecified atom stereocenters. The third-order valence-corrected chi connectivity index (χ3v) is 5.81. The van der Waals surface area contributed by atoms with Gasteiger partial charge in [-0.2, -0.15) is 5.10 Å². The monoisotopic (exact) mass is 326 g/mol. The van der Waals surface area contributed by atoms with Crippen LogP contribution in [0.3, 0.4) is 0 Å². The molecule has 2 aromatic rings. The molecule has 2 N–H and O–H groups in total. The van der Waals surface area contributed by atoms with Gasteiger partial charge in [-0.3, -0.25) is 4.72 Å². The van der Waals surface area contributed by atoms with Gasteiger partial charge in [0.25, 0.3) is 10.0 Å². The summed E-state index contributed by atoms with van der Waals surface area (Å²) in [7, 11) is -3.62. The number of sulfonamides is 1. The molecule has 2 rings (SSSR count). The Morgan fingerprint density at radius 3 is 2.76 bits per heavy atom. The SMILES string of the molecule is Cc1cc(S(=O)(=O)Nc2cccnn2)sc1CNC(C)C. The van der Waals surface area contributed by atoms with Crippen LogP contribution in [-0.4, -0.2) is 24.7 Å². The highest BCUT2D eigenvalue weighted by molar-refractivity contribution is 7.94. The third kappa shape index (κ3) is 4.23. The maximum atomic E-state index is 12.3. The van der Waals surface area contributed by atoms with Gasteiger partial charge >= 0.3 is 0 Å². The van der Waals surface area contributed by atoms with Crippen molar-refractivity contribution in [3.63, 3.8) is 0 Å². The molecule has 0 amide bonds. The van der Waals surface area contributed by atoms with Crippen LogP contribution in [0.25, 0.3) is 0 Å². The second-order valence-electron chi connectivity index (χ2n) is 4.92. The highest BCUT2D eigenvalue weighted by atomic mass is 32.2. The number of aromatic nitrogens is 2. The van der Waals surface area contributed by atoms with Crippen molar-refractivity contribution in [2.45, 2.75) is 37.6 Å². The first-order valence-corrected chi connectivity index (χ1v) is 8.81. The molecule has 0 aromatic carbocycles. The van der Waals surface area contributed by atoms with E-state index in [1.165, 1.54) is 17.5 Å². The number of anilines is 1. The van der Waals surface area contributed by atoms with Gasteiger partial charge < -0.3 is 5.32 Å². The number of hydrogen-bond acceptors (Lipinski definition) is 6. The summed E-state index contributed by atoms with van der Waals surface area (Å²) in [6.07, 6.45) is 1.49. The van der Waals surface area contributed by atoms with Gasteiger partial charge in [0.2, 0.25) is 0 Å². The minimum atomic E-state index is -3.62. The Hall–Kier alpha value is -1.51. The number of nitrogens with zero attached hydrogens (tertiary/aromatic N) is 2. The van der Waals surface area contributed by atoms with Crippen molar-refractivity contribution in [3.8, 4) is 0 Å². The van der Waals surface area contributed by atoms with Gasteiger partial charge in [0.15, 0.2) is 5.82 Å². The lowest BCUT2D eigenvalue weighted by Gasteiger charge is -2.06. The van der Waals surface area contributed by atoms with Gasteiger partial charge in [-0.1, -0.05) is 13.8 Å². The van der Waals surface area contributed by atoms with Crippen LogP contribution in [0.5, 0.6) is 0 Å². The lowest BCUT2D eigenvalue weighted by molar-refractivity contribution is 0.592. The Kier molecular flexibility index (Phi) is 4.92. The van der Waals surface area contributed by atoms with Gasteiger partial charge in [0.05, 0.1) is 0 Å². The Balaban J connectivity index is 2.19. The van der Waals surface area contributed by atoms with E-state index in [-0.39, 0.29) is 10.0 Å². The normalized spacial score (nSPS) is 11.8. The van der Waals surface area contributed by atoms with E-state index in [2.05, 4.69) is 34.1 Å². The minimum Gasteiger partial charge on any atom is -0.310 e. The molecule has 0 bridgehead atoms. The topological polar surface area (TPSA) is 84.0 Å². The lowest BCUT2D eigenvalue weighted by Crippen LogP contribution is -2.21. The Morgan fingerprint density at radius 2 is 2.14 bits per heavy atom. The molecule has 21 heavy (non-hydrogen) atoms. The zero-order chi connectivity index (χ0) is 15.5. The number of aryl methyl sites for hydroxylation is 1. The van der Waals surface area contributed by atoms with Crippen LogP contribution in [0.15, 0.2) is 28.6 Å². The summed E-state index contributed by atoms with van der Waals surface area (Å²) >= 11 is 1.27. The predicted octanol–water partition coefficient (Wildman–Crippen LogP) is 2.15. The summed E-state index contributed by atoms with van der Waals surface area (Å²) in [4.78, 5) is 1.02. The van der Waals surface area contributed by atoms with Crippen LogP contribution in [0.1, 0.15) is 24.3 Å². The van der Waals surface area contributed by atoms with Crippen molar-refractivity contribution in [1.29, 1.82) is 0 Å². The quantitative estimate of drug-likeness (QED) is 0.850. The first-order valence-electron chi connectivity index (χ1n) is 6.51. The van der Waals surface area contributed by atoms with E-state index in [1.54, 1.807) is 18.2 Å². The van der Waals surface area contributed by atoms with E-state index < -0.39 is 10.0 Å². The number of hydrogen-bond donors (Lipinski definition) is 2. The van der Waals surface area contributed by atoms with Gasteiger partial charge in [-0.05, 0) is 30.7 Å². The summed E-state index contributed by atoms with van der Waals surface area (Å²) in [6.45, 7) is 6.68. The van der Waals surface area contributed by atoms with E-state index in [4.69, 9.17) is 0 Å². The number of rotatable bonds is 6. The standard InChI is InChI=1S/C13H18N4O2S2/c1-9(2)14-8-11-10(3)7-13(20-11)21(18,19)17-12-5-4-6-15-16-12/h4-7,9,14H,8H2,1-3H3,(H,16,17). The van der Waals surface area contributed by atoms with Crippen LogP contribution >= 0.6 is 11.3 Å². The summed E-state index contributed by atoms with van der Waals surface area (Å²) in [6, 6.07) is 5.22. The Labute approximate surface area is 128 Å². The maximum Gasteiger partial charge on any atom is 0.272 e. The van der Waals surface area contributed by atoms with Gasteiger partial charge in [0.1, 0.15) is 4.21 Å². The predicted molar refractivity (Wildman–Crippen MR) is 83.9 cm³/mol. The summed E-state index contributed by atoms with van der Waals surface area (Å²) in [5, 5.41) is 10.7. The fourth-order valence-corrected chi connectivity index (χ4v) is 4.17. The van der Waals surface area contributed by atoms with Crippen molar-refractivity contribution < 1.29 is 8.42 Å². The summed E-state index contributed by atoms with van der Waals surface area (Å²) in [5.74, 6) is 0.213. The Morgan fingerprint density at radius 1 is 1.38 bits per heavy atom. The molecule has 0 aliphatic carbocycles. The smallest absolute Gasteiger partial charge is 0.272 e. The minimum absolute atomic E-state index is 0.213. The molecule has 2 aromatic heterocycles. The fraction of sp³-hybridized carbons (Fsp3) is 0.385. The average Bonchev–Trinajstić information content (AvgIpc) is 2.79. The molecule has 0 atom stereocenters. The van der Waals surface area contributed by atoms with E-state index in [9.17, 15) is 8.42 Å². The molecule has 0 saturated heterocycles. The van der Waals surface area contributed by atoms with E-state index in [1.807, 2.05) is 6.92 Å². The molecule has 0 radical (unpaired) electrons. The van der Waals surface area contributed by atoms with Crippen LogP contribution in [-0.2, 0) is 16.6 Å². The average molecular weight is 326 g/mol. The molecule has 2 heterocycles. The number of nitrogens with one attached hydrogen (secondary N) is 2. The fourth-order valence-electron chi connectivity index (χ4n) is 1.64. The van der Waals surface area contributed by atoms with Crippen LogP contribution in [0, 0.1) is 6.92 Å². The van der Waals surface area contributed by atoms with E-state index >= 15 is 0 Å². The largest absolute Gasteiger partial charge is 0.310 e. The molecule has 114 valence electrons. The van der Waals surface area contributed by atoms with Crippen LogP contribution in [0.4, 0.5) is 5.82 Å². The lowest BCUT2D eigenvalue weighted by atomic mass is 10.3. The molecule has 0 fully saturated rings. The molecule has 0 saturated carbocycles. The molecule has 0 spiro atoms. The van der Waals surface area contributed by atoms with Crippen molar-refractivity contribution in [2.24, 2.45) is 0 Å². The zero-order valence-corrected chi connectivity index (χ0v) is 13.8. The van der Waals surface area contributed by atoms with Crippen LogP contribution in [0.2, 0.25) is 0 Å². The third-order valence-electron chi connectivity index (χ3n) is 2.74. The highest BCUT2D eigenvalue weighted by Crippen LogP contribution is 2.27. The second-order valence-corrected chi connectivity index (χ2v) is 7.97. The van der Waals surface area contributed by atoms with Crippen molar-refractivity contribution in [3.05, 3.63) is 34.8 Å². The van der Waals surface area contributed by atoms with Crippen molar-refractivity contribution in [1.82, 2.24) is 15.5 Å². The molecular formula is C13H18N4O2S2. The maximum absolute atomic E-state index is 12.3. The van der Waals surface area contributed by atoms with Crippen molar-refractivity contribution in [2.75, 3.05) is 4.72 Å². The van der Waals surface area contributed by atoms with Crippen LogP contribution < -0.4 is 10.0 Å². The van der Waals surface area contributed by atoms with E-state index in [0.29, 0.717) is 12.6 Å². The molecule has 6 nitrogen and oxygen atoms in total. The molecular weight excluding hydrogens is 308 g/mol. The van der Waals surface area contributed by atoms with Crippen molar-refractivity contribution >= 4 is 27.2 Å². The first kappa shape index (κ1) is 15.9. The summed E-state index contributed by atoms with van der Waals surface area (Å²) < 4.78 is 27.3. The van der Waals surface area contributed by atoms with Gasteiger partial charge in [-0.15, -0.1) is 16.4 Å². The number of thiophene rings is 1. The zero-order valence-electron chi connectivity index (χ0n) is 12.1. The van der Waals surface area contributed by atoms with Gasteiger partial charge in [-0.25, -0.2) is 8.42 Å². The second kappa shape index (κ2) is 6.50. The molecule has 0 aliphatic rings. The van der Waals surface area contributed by atoms with Gasteiger partial charge in [0, 0.05) is 23.7 Å². The van der Waals surface area contributed by atoms with E-state index in [0.717, 1.165) is 10.4 Å². The highest BCUT2D eigenvalue weighted by Gasteiger charge is 2.19. The molecule has 8 heteroatoms. The first-order chi connectivity index (χ1) is 9.88. The molecule has 0 aliphatic heterocycles. The Bertz CT molecular complexity index is 696.